The van der Waals surface area contributed by atoms with E-state index in [0.29, 0.717) is 18.0 Å². The van der Waals surface area contributed by atoms with E-state index in [0.717, 1.165) is 25.9 Å². The lowest BCUT2D eigenvalue weighted by atomic mass is 9.98. The van der Waals surface area contributed by atoms with Crippen molar-refractivity contribution < 1.29 is 4.79 Å². The molecule has 2 atom stereocenters. The Labute approximate surface area is 93.2 Å². The molecule has 88 valence electrons. The molecule has 0 aromatic heterocycles. The van der Waals surface area contributed by atoms with Gasteiger partial charge >= 0.3 is 0 Å². The summed E-state index contributed by atoms with van der Waals surface area (Å²) in [7, 11) is 0. The number of nitrogens with zero attached hydrogens (tertiary/aromatic N) is 1. The Morgan fingerprint density at radius 2 is 2.00 bits per heavy atom. The summed E-state index contributed by atoms with van der Waals surface area (Å²) in [6.07, 6.45) is 1.92. The summed E-state index contributed by atoms with van der Waals surface area (Å²) in [6.45, 7) is 10.3. The molecule has 0 aromatic rings. The lowest BCUT2D eigenvalue weighted by molar-refractivity contribution is -0.139. The third kappa shape index (κ3) is 2.71. The van der Waals surface area contributed by atoms with Gasteiger partial charge in [0.25, 0.3) is 0 Å². The van der Waals surface area contributed by atoms with Crippen LogP contribution in [0.2, 0.25) is 0 Å². The first-order valence-corrected chi connectivity index (χ1v) is 6.15. The topological polar surface area (TPSA) is 32.3 Å². The summed E-state index contributed by atoms with van der Waals surface area (Å²) in [5, 5.41) is 3.40. The molecule has 3 heteroatoms. The first-order valence-electron chi connectivity index (χ1n) is 6.15. The van der Waals surface area contributed by atoms with Gasteiger partial charge in [0.05, 0.1) is 0 Å². The smallest absolute Gasteiger partial charge is 0.225 e. The Morgan fingerprint density at radius 3 is 2.53 bits per heavy atom. The second-order valence-electron chi connectivity index (χ2n) is 4.53. The zero-order valence-corrected chi connectivity index (χ0v) is 10.4. The van der Waals surface area contributed by atoms with Crippen LogP contribution >= 0.6 is 0 Å². The second-order valence-corrected chi connectivity index (χ2v) is 4.53. The Hall–Kier alpha value is -0.570. The van der Waals surface area contributed by atoms with Crippen molar-refractivity contribution in [1.29, 1.82) is 0 Å². The molecule has 2 unspecified atom stereocenters. The highest BCUT2D eigenvalue weighted by atomic mass is 16.2. The predicted octanol–water partition coefficient (Wildman–Crippen LogP) is 1.63. The van der Waals surface area contributed by atoms with Crippen molar-refractivity contribution in [1.82, 2.24) is 10.2 Å². The van der Waals surface area contributed by atoms with Crippen LogP contribution in [0.5, 0.6) is 0 Å². The number of carbonyl (C=O) groups is 1. The van der Waals surface area contributed by atoms with E-state index in [-0.39, 0.29) is 5.92 Å². The van der Waals surface area contributed by atoms with Crippen LogP contribution in [-0.4, -0.2) is 36.0 Å². The summed E-state index contributed by atoms with van der Waals surface area (Å²) < 4.78 is 0. The monoisotopic (exact) mass is 212 g/mol. The van der Waals surface area contributed by atoms with E-state index >= 15 is 0 Å². The molecule has 0 radical (unpaired) electrons. The zero-order chi connectivity index (χ0) is 11.4. The van der Waals surface area contributed by atoms with E-state index in [1.807, 2.05) is 0 Å². The van der Waals surface area contributed by atoms with Gasteiger partial charge in [0.2, 0.25) is 5.91 Å². The fourth-order valence-corrected chi connectivity index (χ4v) is 2.24. The fourth-order valence-electron chi connectivity index (χ4n) is 2.24. The van der Waals surface area contributed by atoms with Crippen LogP contribution in [0, 0.1) is 5.92 Å². The lowest BCUT2D eigenvalue weighted by Crippen LogP contribution is -2.58. The Balaban J connectivity index is 2.65. The van der Waals surface area contributed by atoms with Gasteiger partial charge in [0, 0.05) is 31.1 Å². The Morgan fingerprint density at radius 1 is 1.40 bits per heavy atom. The van der Waals surface area contributed by atoms with Gasteiger partial charge in [-0.25, -0.2) is 0 Å². The van der Waals surface area contributed by atoms with Crippen LogP contribution in [0.25, 0.3) is 0 Å². The van der Waals surface area contributed by atoms with Crippen molar-refractivity contribution >= 4 is 5.91 Å². The SMILES string of the molecule is CCC(CC)C(=O)N1CCNC(C)C1C. The molecular formula is C12H24N2O. The molecule has 3 nitrogen and oxygen atoms in total. The molecule has 1 saturated heterocycles. The van der Waals surface area contributed by atoms with Gasteiger partial charge in [0.15, 0.2) is 0 Å². The number of hydrogen-bond acceptors (Lipinski definition) is 2. The minimum absolute atomic E-state index is 0.220. The molecule has 15 heavy (non-hydrogen) atoms. The second kappa shape index (κ2) is 5.50. The number of rotatable bonds is 3. The maximum Gasteiger partial charge on any atom is 0.225 e. The number of hydrogen-bond donors (Lipinski definition) is 1. The quantitative estimate of drug-likeness (QED) is 0.771. The van der Waals surface area contributed by atoms with Gasteiger partial charge in [0.1, 0.15) is 0 Å². The van der Waals surface area contributed by atoms with Crippen molar-refractivity contribution in [3.63, 3.8) is 0 Å². The first kappa shape index (κ1) is 12.5. The van der Waals surface area contributed by atoms with Crippen LogP contribution in [0.1, 0.15) is 40.5 Å². The summed E-state index contributed by atoms with van der Waals surface area (Å²) >= 11 is 0. The van der Waals surface area contributed by atoms with Crippen molar-refractivity contribution in [3.8, 4) is 0 Å². The molecule has 1 fully saturated rings. The zero-order valence-electron chi connectivity index (χ0n) is 10.4. The minimum Gasteiger partial charge on any atom is -0.337 e. The average Bonchev–Trinajstić information content (AvgIpc) is 2.23. The molecular weight excluding hydrogens is 188 g/mol. The van der Waals surface area contributed by atoms with Crippen molar-refractivity contribution in [2.75, 3.05) is 13.1 Å². The molecule has 1 aliphatic rings. The molecule has 0 saturated carbocycles. The first-order chi connectivity index (χ1) is 7.11. The summed E-state index contributed by atoms with van der Waals surface area (Å²) in [5.74, 6) is 0.568. The maximum absolute atomic E-state index is 12.2. The van der Waals surface area contributed by atoms with Gasteiger partial charge in [-0.15, -0.1) is 0 Å². The van der Waals surface area contributed by atoms with E-state index < -0.39 is 0 Å². The highest BCUT2D eigenvalue weighted by Crippen LogP contribution is 2.17. The van der Waals surface area contributed by atoms with E-state index in [9.17, 15) is 4.79 Å². The number of piperazine rings is 1. The molecule has 1 N–H and O–H groups in total. The Kier molecular flexibility index (Phi) is 4.58. The molecule has 0 aliphatic carbocycles. The van der Waals surface area contributed by atoms with E-state index in [1.165, 1.54) is 0 Å². The third-order valence-corrected chi connectivity index (χ3v) is 3.65. The normalized spacial score (nSPS) is 27.1. The maximum atomic E-state index is 12.2. The Bertz CT molecular complexity index is 214. The molecule has 0 aromatic carbocycles. The molecule has 1 aliphatic heterocycles. The van der Waals surface area contributed by atoms with Crippen LogP contribution in [-0.2, 0) is 4.79 Å². The van der Waals surface area contributed by atoms with E-state index in [4.69, 9.17) is 0 Å². The standard InChI is InChI=1S/C12H24N2O/c1-5-11(6-2)12(15)14-8-7-13-9(3)10(14)4/h9-11,13H,5-8H2,1-4H3. The number of carbonyl (C=O) groups excluding carboxylic acids is 1. The van der Waals surface area contributed by atoms with Gasteiger partial charge in [-0.3, -0.25) is 4.79 Å². The van der Waals surface area contributed by atoms with Crippen LogP contribution in [0.3, 0.4) is 0 Å². The highest BCUT2D eigenvalue weighted by Gasteiger charge is 2.30. The van der Waals surface area contributed by atoms with Crippen LogP contribution in [0.4, 0.5) is 0 Å². The van der Waals surface area contributed by atoms with Gasteiger partial charge in [-0.2, -0.15) is 0 Å². The lowest BCUT2D eigenvalue weighted by Gasteiger charge is -2.40. The number of amides is 1. The van der Waals surface area contributed by atoms with Gasteiger partial charge in [-0.05, 0) is 26.7 Å². The summed E-state index contributed by atoms with van der Waals surface area (Å²) in [5.41, 5.74) is 0. The minimum atomic E-state index is 0.220. The molecule has 1 amide bonds. The number of nitrogens with one attached hydrogen (secondary N) is 1. The molecule has 0 spiro atoms. The highest BCUT2D eigenvalue weighted by molar-refractivity contribution is 5.79. The van der Waals surface area contributed by atoms with Gasteiger partial charge < -0.3 is 10.2 Å². The van der Waals surface area contributed by atoms with Crippen molar-refractivity contribution in [2.24, 2.45) is 5.92 Å². The third-order valence-electron chi connectivity index (χ3n) is 3.65. The van der Waals surface area contributed by atoms with Crippen molar-refractivity contribution in [2.45, 2.75) is 52.6 Å². The van der Waals surface area contributed by atoms with Crippen molar-refractivity contribution in [3.05, 3.63) is 0 Å². The summed E-state index contributed by atoms with van der Waals surface area (Å²) in [4.78, 5) is 14.3. The average molecular weight is 212 g/mol. The van der Waals surface area contributed by atoms with Gasteiger partial charge in [-0.1, -0.05) is 13.8 Å². The van der Waals surface area contributed by atoms with E-state index in [1.54, 1.807) is 0 Å². The molecule has 1 heterocycles. The summed E-state index contributed by atoms with van der Waals surface area (Å²) in [6, 6.07) is 0.740. The van der Waals surface area contributed by atoms with E-state index in [2.05, 4.69) is 37.9 Å². The molecule has 1 rings (SSSR count). The predicted molar refractivity (Wildman–Crippen MR) is 62.7 cm³/mol. The molecule has 0 bridgehead atoms. The largest absolute Gasteiger partial charge is 0.337 e. The van der Waals surface area contributed by atoms with Crippen LogP contribution < -0.4 is 5.32 Å². The van der Waals surface area contributed by atoms with Crippen LogP contribution in [0.15, 0.2) is 0 Å². The fraction of sp³-hybridized carbons (Fsp3) is 0.917.